The van der Waals surface area contributed by atoms with Crippen LogP contribution in [0.1, 0.15) is 10.4 Å². The summed E-state index contributed by atoms with van der Waals surface area (Å²) in [6.45, 7) is -0.0944. The van der Waals surface area contributed by atoms with Crippen LogP contribution in [0.15, 0.2) is 22.7 Å². The van der Waals surface area contributed by atoms with Gasteiger partial charge in [-0.1, -0.05) is 15.9 Å². The molecular weight excluding hydrogens is 264 g/mol. The normalized spacial score (nSPS) is 19.3. The summed E-state index contributed by atoms with van der Waals surface area (Å²) in [5, 5.41) is 8.79. The van der Waals surface area contributed by atoms with Crippen molar-refractivity contribution < 1.29 is 19.4 Å². The molecule has 78 valence electrons. The standard InChI is InChI=1S/C10H7BrO4/c11-5-1-2-8-6(3-5)9(12)7(4-15-8)10(13)14/h1-3,7H,4H2,(H,13,14). The van der Waals surface area contributed by atoms with Crippen LogP contribution in [-0.4, -0.2) is 23.5 Å². The molecule has 0 radical (unpaired) electrons. The Balaban J connectivity index is 2.45. The van der Waals surface area contributed by atoms with E-state index in [2.05, 4.69) is 15.9 Å². The molecule has 2 rings (SSSR count). The van der Waals surface area contributed by atoms with Gasteiger partial charge in [0.25, 0.3) is 0 Å². The van der Waals surface area contributed by atoms with E-state index in [0.717, 1.165) is 4.47 Å². The van der Waals surface area contributed by atoms with Gasteiger partial charge in [-0.15, -0.1) is 0 Å². The minimum Gasteiger partial charge on any atom is -0.491 e. The topological polar surface area (TPSA) is 63.6 Å². The molecule has 0 aromatic heterocycles. The zero-order valence-electron chi connectivity index (χ0n) is 7.57. The number of carboxylic acids is 1. The van der Waals surface area contributed by atoms with Gasteiger partial charge in [0.1, 0.15) is 12.4 Å². The number of benzene rings is 1. The lowest BCUT2D eigenvalue weighted by Crippen LogP contribution is -2.33. The first-order valence-electron chi connectivity index (χ1n) is 4.29. The molecule has 1 aliphatic rings. The van der Waals surface area contributed by atoms with Crippen molar-refractivity contribution in [3.8, 4) is 5.75 Å². The average molecular weight is 271 g/mol. The second-order valence-corrected chi connectivity index (χ2v) is 4.12. The van der Waals surface area contributed by atoms with Crippen LogP contribution in [0, 0.1) is 5.92 Å². The summed E-state index contributed by atoms with van der Waals surface area (Å²) in [6, 6.07) is 4.97. The van der Waals surface area contributed by atoms with Crippen molar-refractivity contribution in [2.75, 3.05) is 6.61 Å². The largest absolute Gasteiger partial charge is 0.491 e. The maximum Gasteiger partial charge on any atom is 0.317 e. The third kappa shape index (κ3) is 1.74. The second-order valence-electron chi connectivity index (χ2n) is 3.21. The summed E-state index contributed by atoms with van der Waals surface area (Å²) in [7, 11) is 0. The first-order valence-corrected chi connectivity index (χ1v) is 5.08. The Morgan fingerprint density at radius 1 is 1.53 bits per heavy atom. The predicted molar refractivity (Wildman–Crippen MR) is 55.1 cm³/mol. The zero-order valence-corrected chi connectivity index (χ0v) is 9.15. The molecular formula is C10H7BrO4. The number of rotatable bonds is 1. The van der Waals surface area contributed by atoms with E-state index in [1.807, 2.05) is 0 Å². The number of hydrogen-bond donors (Lipinski definition) is 1. The molecule has 0 saturated carbocycles. The van der Waals surface area contributed by atoms with Gasteiger partial charge in [0.05, 0.1) is 5.56 Å². The number of carboxylic acid groups (broad SMARTS) is 1. The van der Waals surface area contributed by atoms with Gasteiger partial charge in [0, 0.05) is 4.47 Å². The lowest BCUT2D eigenvalue weighted by molar-refractivity contribution is -0.141. The zero-order chi connectivity index (χ0) is 11.0. The Kier molecular flexibility index (Phi) is 2.48. The van der Waals surface area contributed by atoms with Crippen molar-refractivity contribution in [1.82, 2.24) is 0 Å². The van der Waals surface area contributed by atoms with Crippen molar-refractivity contribution in [2.24, 2.45) is 5.92 Å². The molecule has 1 aromatic carbocycles. The maximum atomic E-state index is 11.7. The van der Waals surface area contributed by atoms with Gasteiger partial charge in [0.15, 0.2) is 11.7 Å². The van der Waals surface area contributed by atoms with Gasteiger partial charge in [-0.2, -0.15) is 0 Å². The molecule has 15 heavy (non-hydrogen) atoms. The molecule has 1 aromatic rings. The van der Waals surface area contributed by atoms with Crippen LogP contribution in [0.4, 0.5) is 0 Å². The number of Topliss-reactive ketones (excluding diaryl/α,β-unsaturated/α-hetero) is 1. The minimum absolute atomic E-state index is 0.0944. The lowest BCUT2D eigenvalue weighted by atomic mass is 9.95. The summed E-state index contributed by atoms with van der Waals surface area (Å²) >= 11 is 3.22. The molecule has 1 heterocycles. The molecule has 4 nitrogen and oxygen atoms in total. The van der Waals surface area contributed by atoms with E-state index in [-0.39, 0.29) is 6.61 Å². The molecule has 0 bridgehead atoms. The Labute approximate surface area is 94.0 Å². The molecule has 1 unspecified atom stereocenters. The van der Waals surface area contributed by atoms with Crippen molar-refractivity contribution in [1.29, 1.82) is 0 Å². The number of ketones is 1. The number of ether oxygens (including phenoxy) is 1. The maximum absolute atomic E-state index is 11.7. The van der Waals surface area contributed by atoms with Gasteiger partial charge in [-0.25, -0.2) is 0 Å². The minimum atomic E-state index is -1.15. The highest BCUT2D eigenvalue weighted by molar-refractivity contribution is 9.10. The summed E-state index contributed by atoms with van der Waals surface area (Å²) in [4.78, 5) is 22.5. The summed E-state index contributed by atoms with van der Waals surface area (Å²) < 4.78 is 5.93. The second kappa shape index (κ2) is 3.66. The van der Waals surface area contributed by atoms with E-state index in [0.29, 0.717) is 11.3 Å². The van der Waals surface area contributed by atoms with E-state index >= 15 is 0 Å². The van der Waals surface area contributed by atoms with Crippen LogP contribution in [-0.2, 0) is 4.79 Å². The van der Waals surface area contributed by atoms with E-state index in [1.54, 1.807) is 18.2 Å². The monoisotopic (exact) mass is 270 g/mol. The molecule has 0 fully saturated rings. The first kappa shape index (κ1) is 10.2. The van der Waals surface area contributed by atoms with Crippen LogP contribution >= 0.6 is 15.9 Å². The number of aliphatic carboxylic acids is 1. The summed E-state index contributed by atoms with van der Waals surface area (Å²) in [6.07, 6.45) is 0. The van der Waals surface area contributed by atoms with E-state index < -0.39 is 17.7 Å². The van der Waals surface area contributed by atoms with Gasteiger partial charge < -0.3 is 9.84 Å². The fourth-order valence-electron chi connectivity index (χ4n) is 1.44. The van der Waals surface area contributed by atoms with Crippen LogP contribution < -0.4 is 4.74 Å². The fourth-order valence-corrected chi connectivity index (χ4v) is 1.80. The van der Waals surface area contributed by atoms with Crippen molar-refractivity contribution >= 4 is 27.7 Å². The molecule has 0 aliphatic carbocycles. The molecule has 0 spiro atoms. The van der Waals surface area contributed by atoms with Crippen molar-refractivity contribution in [3.63, 3.8) is 0 Å². The number of carbonyl (C=O) groups excluding carboxylic acids is 1. The highest BCUT2D eigenvalue weighted by Crippen LogP contribution is 2.29. The number of halogens is 1. The Hall–Kier alpha value is -1.36. The summed E-state index contributed by atoms with van der Waals surface area (Å²) in [5.41, 5.74) is 0.322. The Morgan fingerprint density at radius 3 is 2.93 bits per heavy atom. The first-order chi connectivity index (χ1) is 7.09. The van der Waals surface area contributed by atoms with Gasteiger partial charge in [0.2, 0.25) is 0 Å². The molecule has 0 amide bonds. The highest BCUT2D eigenvalue weighted by Gasteiger charge is 2.34. The van der Waals surface area contributed by atoms with Crippen LogP contribution in [0.2, 0.25) is 0 Å². The third-order valence-electron chi connectivity index (χ3n) is 2.23. The highest BCUT2D eigenvalue weighted by atomic mass is 79.9. The van der Waals surface area contributed by atoms with Gasteiger partial charge in [-0.3, -0.25) is 9.59 Å². The lowest BCUT2D eigenvalue weighted by Gasteiger charge is -2.21. The van der Waals surface area contributed by atoms with Crippen LogP contribution in [0.25, 0.3) is 0 Å². The van der Waals surface area contributed by atoms with Gasteiger partial charge in [-0.05, 0) is 18.2 Å². The molecule has 1 atom stereocenters. The number of hydrogen-bond acceptors (Lipinski definition) is 3. The molecule has 1 N–H and O–H groups in total. The van der Waals surface area contributed by atoms with E-state index in [1.165, 1.54) is 0 Å². The Bertz CT molecular complexity index is 441. The van der Waals surface area contributed by atoms with Crippen molar-refractivity contribution in [2.45, 2.75) is 0 Å². The van der Waals surface area contributed by atoms with E-state index in [4.69, 9.17) is 9.84 Å². The van der Waals surface area contributed by atoms with Crippen molar-refractivity contribution in [3.05, 3.63) is 28.2 Å². The van der Waals surface area contributed by atoms with E-state index in [9.17, 15) is 9.59 Å². The quantitative estimate of drug-likeness (QED) is 0.790. The Morgan fingerprint density at radius 2 is 2.27 bits per heavy atom. The third-order valence-corrected chi connectivity index (χ3v) is 2.72. The molecule has 5 heteroatoms. The van der Waals surface area contributed by atoms with Crippen LogP contribution in [0.3, 0.4) is 0 Å². The van der Waals surface area contributed by atoms with Crippen LogP contribution in [0.5, 0.6) is 5.75 Å². The molecule has 0 saturated heterocycles. The number of carbonyl (C=O) groups is 2. The smallest absolute Gasteiger partial charge is 0.317 e. The fraction of sp³-hybridized carbons (Fsp3) is 0.200. The number of fused-ring (bicyclic) bond motifs is 1. The predicted octanol–water partition coefficient (Wildman–Crippen LogP) is 1.73. The summed E-state index contributed by atoms with van der Waals surface area (Å²) in [5.74, 6) is -2.19. The van der Waals surface area contributed by atoms with Gasteiger partial charge >= 0.3 is 5.97 Å². The average Bonchev–Trinajstić information content (AvgIpc) is 2.19. The SMILES string of the molecule is O=C(O)C1COc2ccc(Br)cc2C1=O. The molecule has 1 aliphatic heterocycles.